The minimum absolute atomic E-state index is 0.319. The van der Waals surface area contributed by atoms with Crippen molar-refractivity contribution in [1.29, 1.82) is 5.41 Å². The zero-order valence-electron chi connectivity index (χ0n) is 18.0. The van der Waals surface area contributed by atoms with Crippen LogP contribution in [0.15, 0.2) is 40.9 Å². The Kier molecular flexibility index (Phi) is 7.12. The number of ether oxygens (including phenoxy) is 1. The van der Waals surface area contributed by atoms with Gasteiger partial charge in [0, 0.05) is 54.9 Å². The van der Waals surface area contributed by atoms with Crippen molar-refractivity contribution in [1.82, 2.24) is 15.4 Å². The van der Waals surface area contributed by atoms with Gasteiger partial charge in [-0.25, -0.2) is 0 Å². The Balaban J connectivity index is 1.55. The van der Waals surface area contributed by atoms with Crippen molar-refractivity contribution in [3.05, 3.63) is 56.9 Å². The third kappa shape index (κ3) is 5.13. The number of morpholine rings is 1. The summed E-state index contributed by atoms with van der Waals surface area (Å²) in [7, 11) is 3.72. The Morgan fingerprint density at radius 3 is 2.75 bits per heavy atom. The smallest absolute Gasteiger partial charge is 0.151 e. The lowest BCUT2D eigenvalue weighted by atomic mass is 10.0. The van der Waals surface area contributed by atoms with Gasteiger partial charge in [-0.3, -0.25) is 10.7 Å². The maximum absolute atomic E-state index is 10.3. The minimum Gasteiger partial charge on any atom is -0.378 e. The summed E-state index contributed by atoms with van der Waals surface area (Å²) in [5.74, 6) is 1.05. The largest absolute Gasteiger partial charge is 0.378 e. The average Bonchev–Trinajstić information content (AvgIpc) is 3.46. The molecule has 3 aromatic rings. The van der Waals surface area contributed by atoms with Crippen LogP contribution in [0.1, 0.15) is 22.4 Å². The Bertz CT molecular complexity index is 1080. The first-order chi connectivity index (χ1) is 15.4. The van der Waals surface area contributed by atoms with E-state index in [9.17, 15) is 5.11 Å². The summed E-state index contributed by atoms with van der Waals surface area (Å²) in [6.45, 7) is 3.18. The van der Waals surface area contributed by atoms with Gasteiger partial charge >= 0.3 is 0 Å². The molecular formula is C22H26ClN5O3S. The standard InChI is InChI=1S/C22H26ClN5O3S/c1-27(2)21(24)14-3-4-16(18(11-14)28-7-9-30-10-8-28)17-12-15(31-26-17)13-25-22(29)19-5-6-20(23)32-19/h3-6,11-12,22,24-25,29H,7-10,13H2,1-2H3. The highest BCUT2D eigenvalue weighted by atomic mass is 35.5. The predicted octanol–water partition coefficient (Wildman–Crippen LogP) is 3.56. The van der Waals surface area contributed by atoms with E-state index in [2.05, 4.69) is 15.4 Å². The van der Waals surface area contributed by atoms with Crippen LogP contribution in [0.3, 0.4) is 0 Å². The fraction of sp³-hybridized carbons (Fsp3) is 0.364. The second-order valence-electron chi connectivity index (χ2n) is 7.68. The van der Waals surface area contributed by atoms with Gasteiger partial charge in [-0.05, 0) is 24.3 Å². The van der Waals surface area contributed by atoms with Gasteiger partial charge < -0.3 is 24.2 Å². The number of aliphatic hydroxyl groups is 1. The van der Waals surface area contributed by atoms with Crippen molar-refractivity contribution in [3.8, 4) is 11.3 Å². The van der Waals surface area contributed by atoms with E-state index in [4.69, 9.17) is 26.3 Å². The fourth-order valence-corrected chi connectivity index (χ4v) is 4.54. The van der Waals surface area contributed by atoms with Gasteiger partial charge in [0.1, 0.15) is 17.8 Å². The maximum Gasteiger partial charge on any atom is 0.151 e. The lowest BCUT2D eigenvalue weighted by Crippen LogP contribution is -2.36. The molecular weight excluding hydrogens is 450 g/mol. The molecule has 1 unspecified atom stereocenters. The number of anilines is 1. The molecule has 4 rings (SSSR count). The minimum atomic E-state index is -0.832. The fourth-order valence-electron chi connectivity index (χ4n) is 3.52. The third-order valence-electron chi connectivity index (χ3n) is 5.24. The van der Waals surface area contributed by atoms with Crippen molar-refractivity contribution in [2.24, 2.45) is 0 Å². The summed E-state index contributed by atoms with van der Waals surface area (Å²) >= 11 is 7.27. The Hall–Kier alpha value is -2.43. The number of thiophene rings is 1. The number of nitrogens with zero attached hydrogens (tertiary/aromatic N) is 3. The molecule has 1 aromatic carbocycles. The van der Waals surface area contributed by atoms with Gasteiger partial charge in [0.25, 0.3) is 0 Å². The molecule has 0 radical (unpaired) electrons. The molecule has 0 saturated carbocycles. The Labute approximate surface area is 195 Å². The van der Waals surface area contributed by atoms with Gasteiger partial charge in [-0.15, -0.1) is 11.3 Å². The molecule has 0 aliphatic carbocycles. The first kappa shape index (κ1) is 22.8. The van der Waals surface area contributed by atoms with E-state index in [1.165, 1.54) is 11.3 Å². The normalized spacial score (nSPS) is 15.1. The number of rotatable bonds is 7. The van der Waals surface area contributed by atoms with Crippen LogP contribution in [0, 0.1) is 5.41 Å². The zero-order valence-corrected chi connectivity index (χ0v) is 19.5. The van der Waals surface area contributed by atoms with E-state index in [1.807, 2.05) is 38.4 Å². The molecule has 0 amide bonds. The van der Waals surface area contributed by atoms with Crippen molar-refractivity contribution >= 4 is 34.5 Å². The average molecular weight is 476 g/mol. The topological polar surface area (TPSA) is 97.9 Å². The van der Waals surface area contributed by atoms with Crippen molar-refractivity contribution < 1.29 is 14.4 Å². The molecule has 1 saturated heterocycles. The van der Waals surface area contributed by atoms with E-state index in [0.717, 1.165) is 34.8 Å². The highest BCUT2D eigenvalue weighted by Gasteiger charge is 2.20. The molecule has 1 fully saturated rings. The van der Waals surface area contributed by atoms with Gasteiger partial charge in [0.05, 0.1) is 24.1 Å². The molecule has 1 aliphatic heterocycles. The first-order valence-corrected chi connectivity index (χ1v) is 11.5. The Morgan fingerprint density at radius 2 is 2.06 bits per heavy atom. The van der Waals surface area contributed by atoms with E-state index >= 15 is 0 Å². The van der Waals surface area contributed by atoms with E-state index < -0.39 is 6.23 Å². The van der Waals surface area contributed by atoms with Gasteiger partial charge in [0.15, 0.2) is 5.76 Å². The number of aliphatic hydroxyl groups excluding tert-OH is 1. The van der Waals surface area contributed by atoms with Crippen LogP contribution in [0.2, 0.25) is 4.34 Å². The van der Waals surface area contributed by atoms with E-state index in [-0.39, 0.29) is 0 Å². The van der Waals surface area contributed by atoms with Crippen LogP contribution in [-0.4, -0.2) is 61.4 Å². The number of aromatic nitrogens is 1. The van der Waals surface area contributed by atoms with Crippen LogP contribution >= 0.6 is 22.9 Å². The van der Waals surface area contributed by atoms with Crippen molar-refractivity contribution in [3.63, 3.8) is 0 Å². The summed E-state index contributed by atoms with van der Waals surface area (Å²) in [6, 6.07) is 11.4. The predicted molar refractivity (Wildman–Crippen MR) is 127 cm³/mol. The van der Waals surface area contributed by atoms with Crippen molar-refractivity contribution in [2.75, 3.05) is 45.3 Å². The maximum atomic E-state index is 10.3. The molecule has 1 aliphatic rings. The second-order valence-corrected chi connectivity index (χ2v) is 9.42. The van der Waals surface area contributed by atoms with Crippen LogP contribution < -0.4 is 10.2 Å². The van der Waals surface area contributed by atoms with Crippen LogP contribution in [0.5, 0.6) is 0 Å². The van der Waals surface area contributed by atoms with E-state index in [1.54, 1.807) is 17.0 Å². The van der Waals surface area contributed by atoms with Gasteiger partial charge in [0.2, 0.25) is 0 Å². The molecule has 3 N–H and O–H groups in total. The highest BCUT2D eigenvalue weighted by molar-refractivity contribution is 7.16. The molecule has 2 aromatic heterocycles. The highest BCUT2D eigenvalue weighted by Crippen LogP contribution is 2.33. The number of hydrogen-bond acceptors (Lipinski definition) is 8. The van der Waals surface area contributed by atoms with Gasteiger partial charge in [-0.1, -0.05) is 22.8 Å². The molecule has 0 bridgehead atoms. The summed E-state index contributed by atoms with van der Waals surface area (Å²) in [5.41, 5.74) is 3.48. The van der Waals surface area contributed by atoms with Gasteiger partial charge in [-0.2, -0.15) is 0 Å². The van der Waals surface area contributed by atoms with E-state index in [0.29, 0.717) is 41.4 Å². The third-order valence-corrected chi connectivity index (χ3v) is 6.52. The Morgan fingerprint density at radius 1 is 1.28 bits per heavy atom. The number of benzene rings is 1. The molecule has 8 nitrogen and oxygen atoms in total. The summed E-state index contributed by atoms with van der Waals surface area (Å²) in [5, 5.41) is 25.9. The SMILES string of the molecule is CN(C)C(=N)c1ccc(-c2cc(CNC(O)c3ccc(Cl)s3)on2)c(N2CCOCC2)c1. The first-order valence-electron chi connectivity index (χ1n) is 10.3. The molecule has 1 atom stereocenters. The summed E-state index contributed by atoms with van der Waals surface area (Å²) < 4.78 is 11.7. The number of halogens is 1. The second kappa shape index (κ2) is 10.0. The summed E-state index contributed by atoms with van der Waals surface area (Å²) in [4.78, 5) is 4.77. The zero-order chi connectivity index (χ0) is 22.7. The summed E-state index contributed by atoms with van der Waals surface area (Å²) in [6.07, 6.45) is -0.832. The monoisotopic (exact) mass is 475 g/mol. The lowest BCUT2D eigenvalue weighted by Gasteiger charge is -2.31. The molecule has 0 spiro atoms. The quantitative estimate of drug-likeness (QED) is 0.273. The van der Waals surface area contributed by atoms with Crippen molar-refractivity contribution in [2.45, 2.75) is 12.8 Å². The van der Waals surface area contributed by atoms with Crippen LogP contribution in [-0.2, 0) is 11.3 Å². The number of hydrogen-bond donors (Lipinski definition) is 3. The molecule has 32 heavy (non-hydrogen) atoms. The number of amidine groups is 1. The van der Waals surface area contributed by atoms with Crippen LogP contribution in [0.25, 0.3) is 11.3 Å². The molecule has 10 heteroatoms. The molecule has 3 heterocycles. The molecule has 170 valence electrons. The number of nitrogens with one attached hydrogen (secondary N) is 2. The lowest BCUT2D eigenvalue weighted by molar-refractivity contribution is 0.122. The van der Waals surface area contributed by atoms with Crippen LogP contribution in [0.4, 0.5) is 5.69 Å².